The van der Waals surface area contributed by atoms with Gasteiger partial charge in [0.2, 0.25) is 0 Å². The third-order valence-electron chi connectivity index (χ3n) is 3.32. The second-order valence-electron chi connectivity index (χ2n) is 4.67. The van der Waals surface area contributed by atoms with E-state index >= 15 is 0 Å². The van der Waals surface area contributed by atoms with Crippen LogP contribution in [0.2, 0.25) is 0 Å². The average molecular weight is 259 g/mol. The fourth-order valence-electron chi connectivity index (χ4n) is 2.37. The summed E-state index contributed by atoms with van der Waals surface area (Å²) in [6.45, 7) is 2.28. The molecule has 0 amide bonds. The second-order valence-corrected chi connectivity index (χ2v) is 6.04. The van der Waals surface area contributed by atoms with Crippen molar-refractivity contribution in [1.82, 2.24) is 10.3 Å². The molecule has 2 aromatic rings. The fourth-order valence-corrected chi connectivity index (χ4v) is 3.58. The lowest BCUT2D eigenvalue weighted by atomic mass is 10.1. The molecule has 1 aromatic heterocycles. The van der Waals surface area contributed by atoms with Crippen molar-refractivity contribution >= 4 is 28.4 Å². The van der Waals surface area contributed by atoms with Crippen LogP contribution in [0.1, 0.15) is 12.8 Å². The Kier molecular flexibility index (Phi) is 3.39. The molecule has 18 heavy (non-hydrogen) atoms. The zero-order chi connectivity index (χ0) is 12.4. The van der Waals surface area contributed by atoms with Crippen LogP contribution in [0.5, 0.6) is 0 Å². The van der Waals surface area contributed by atoms with Gasteiger partial charge >= 0.3 is 0 Å². The molecule has 3 N–H and O–H groups in total. The van der Waals surface area contributed by atoms with Crippen LogP contribution >= 0.6 is 11.8 Å². The molecular formula is C14H17N3S. The summed E-state index contributed by atoms with van der Waals surface area (Å²) >= 11 is 1.96. The van der Waals surface area contributed by atoms with E-state index in [2.05, 4.69) is 28.5 Å². The van der Waals surface area contributed by atoms with Crippen molar-refractivity contribution in [3.05, 3.63) is 30.5 Å². The molecule has 1 aliphatic heterocycles. The number of rotatable bonds is 2. The summed E-state index contributed by atoms with van der Waals surface area (Å²) in [4.78, 5) is 5.43. The largest absolute Gasteiger partial charge is 0.383 e. The van der Waals surface area contributed by atoms with E-state index in [9.17, 15) is 0 Å². The molecule has 1 aromatic carbocycles. The van der Waals surface area contributed by atoms with Gasteiger partial charge in [0.05, 0.1) is 0 Å². The summed E-state index contributed by atoms with van der Waals surface area (Å²) in [5, 5.41) is 6.36. The maximum absolute atomic E-state index is 5.86. The zero-order valence-corrected chi connectivity index (χ0v) is 11.0. The van der Waals surface area contributed by atoms with Crippen molar-refractivity contribution in [1.29, 1.82) is 0 Å². The lowest BCUT2D eigenvalue weighted by molar-refractivity contribution is 0.531. The molecule has 1 aliphatic rings. The van der Waals surface area contributed by atoms with E-state index in [1.807, 2.05) is 17.8 Å². The number of nitrogen functional groups attached to an aromatic ring is 1. The number of thioether (sulfide) groups is 1. The Labute approximate surface area is 111 Å². The van der Waals surface area contributed by atoms with Gasteiger partial charge < -0.3 is 11.1 Å². The van der Waals surface area contributed by atoms with Crippen molar-refractivity contribution in [2.45, 2.75) is 23.0 Å². The van der Waals surface area contributed by atoms with Crippen LogP contribution in [0.3, 0.4) is 0 Å². The molecule has 0 radical (unpaired) electrons. The summed E-state index contributed by atoms with van der Waals surface area (Å²) in [7, 11) is 0. The number of aromatic nitrogens is 1. The molecule has 0 saturated carbocycles. The number of nitrogens with zero attached hydrogens (tertiary/aromatic N) is 1. The predicted molar refractivity (Wildman–Crippen MR) is 77.9 cm³/mol. The number of hydrogen-bond donors (Lipinski definition) is 2. The Hall–Kier alpha value is -1.26. The van der Waals surface area contributed by atoms with Crippen LogP contribution in [0.25, 0.3) is 10.8 Å². The van der Waals surface area contributed by atoms with Gasteiger partial charge in [0.25, 0.3) is 0 Å². The van der Waals surface area contributed by atoms with Gasteiger partial charge in [0, 0.05) is 28.3 Å². The van der Waals surface area contributed by atoms with Gasteiger partial charge in [0.15, 0.2) is 0 Å². The number of benzene rings is 1. The van der Waals surface area contributed by atoms with Gasteiger partial charge in [0.1, 0.15) is 5.82 Å². The maximum Gasteiger partial charge on any atom is 0.131 e. The van der Waals surface area contributed by atoms with E-state index in [1.165, 1.54) is 23.1 Å². The van der Waals surface area contributed by atoms with E-state index < -0.39 is 0 Å². The summed E-state index contributed by atoms with van der Waals surface area (Å²) in [6, 6.07) is 8.47. The van der Waals surface area contributed by atoms with E-state index in [4.69, 9.17) is 5.73 Å². The van der Waals surface area contributed by atoms with Crippen molar-refractivity contribution in [2.24, 2.45) is 0 Å². The van der Waals surface area contributed by atoms with Crippen molar-refractivity contribution in [3.63, 3.8) is 0 Å². The Morgan fingerprint density at radius 3 is 3.11 bits per heavy atom. The molecule has 3 nitrogen and oxygen atoms in total. The first kappa shape index (κ1) is 11.8. The van der Waals surface area contributed by atoms with Gasteiger partial charge in [-0.25, -0.2) is 4.98 Å². The molecular weight excluding hydrogens is 242 g/mol. The Bertz CT molecular complexity index is 550. The number of piperidine rings is 1. The van der Waals surface area contributed by atoms with Crippen LogP contribution in [0.15, 0.2) is 35.4 Å². The first-order valence-electron chi connectivity index (χ1n) is 6.34. The highest BCUT2D eigenvalue weighted by molar-refractivity contribution is 8.00. The number of hydrogen-bond acceptors (Lipinski definition) is 4. The molecule has 4 heteroatoms. The summed E-state index contributed by atoms with van der Waals surface area (Å²) in [6.07, 6.45) is 4.35. The molecule has 1 atom stereocenters. The third-order valence-corrected chi connectivity index (χ3v) is 4.58. The van der Waals surface area contributed by atoms with E-state index in [0.29, 0.717) is 11.1 Å². The van der Waals surface area contributed by atoms with Gasteiger partial charge in [-0.05, 0) is 49.0 Å². The highest BCUT2D eigenvalue weighted by Gasteiger charge is 2.14. The Balaban J connectivity index is 1.84. The van der Waals surface area contributed by atoms with Crippen molar-refractivity contribution in [2.75, 3.05) is 18.8 Å². The third kappa shape index (κ3) is 2.44. The fraction of sp³-hybridized carbons (Fsp3) is 0.357. The lowest BCUT2D eigenvalue weighted by Gasteiger charge is -2.22. The van der Waals surface area contributed by atoms with Crippen LogP contribution in [0.4, 0.5) is 5.82 Å². The van der Waals surface area contributed by atoms with Crippen LogP contribution in [-0.4, -0.2) is 23.3 Å². The van der Waals surface area contributed by atoms with Crippen LogP contribution in [0, 0.1) is 0 Å². The molecule has 3 rings (SSSR count). The highest BCUT2D eigenvalue weighted by atomic mass is 32.2. The van der Waals surface area contributed by atoms with E-state index in [1.54, 1.807) is 6.20 Å². The minimum atomic E-state index is 0.614. The van der Waals surface area contributed by atoms with Gasteiger partial charge in [-0.15, -0.1) is 11.8 Å². The molecule has 1 unspecified atom stereocenters. The minimum absolute atomic E-state index is 0.614. The predicted octanol–water partition coefficient (Wildman–Crippen LogP) is 2.66. The second kappa shape index (κ2) is 5.16. The summed E-state index contributed by atoms with van der Waals surface area (Å²) in [5.41, 5.74) is 5.86. The minimum Gasteiger partial charge on any atom is -0.383 e. The topological polar surface area (TPSA) is 50.9 Å². The van der Waals surface area contributed by atoms with Gasteiger partial charge in [-0.1, -0.05) is 0 Å². The van der Waals surface area contributed by atoms with E-state index in [-0.39, 0.29) is 0 Å². The molecule has 2 heterocycles. The molecule has 1 saturated heterocycles. The normalized spacial score (nSPS) is 20.1. The van der Waals surface area contributed by atoms with Gasteiger partial charge in [-0.2, -0.15) is 0 Å². The van der Waals surface area contributed by atoms with Crippen molar-refractivity contribution < 1.29 is 0 Å². The number of fused-ring (bicyclic) bond motifs is 1. The SMILES string of the molecule is Nc1nccc2cc(SC3CCCNC3)ccc12. The zero-order valence-electron chi connectivity index (χ0n) is 10.2. The molecule has 0 bridgehead atoms. The number of pyridine rings is 1. The molecule has 0 spiro atoms. The first-order chi connectivity index (χ1) is 8.83. The van der Waals surface area contributed by atoms with Crippen LogP contribution in [-0.2, 0) is 0 Å². The monoisotopic (exact) mass is 259 g/mol. The average Bonchev–Trinajstić information content (AvgIpc) is 2.40. The van der Waals surface area contributed by atoms with Crippen molar-refractivity contribution in [3.8, 4) is 0 Å². The number of anilines is 1. The maximum atomic E-state index is 5.86. The Morgan fingerprint density at radius 1 is 1.33 bits per heavy atom. The lowest BCUT2D eigenvalue weighted by Crippen LogP contribution is -2.31. The number of nitrogens with two attached hydrogens (primary N) is 1. The Morgan fingerprint density at radius 2 is 2.28 bits per heavy atom. The van der Waals surface area contributed by atoms with Gasteiger partial charge in [-0.3, -0.25) is 0 Å². The highest BCUT2D eigenvalue weighted by Crippen LogP contribution is 2.30. The smallest absolute Gasteiger partial charge is 0.131 e. The first-order valence-corrected chi connectivity index (χ1v) is 7.22. The molecule has 1 fully saturated rings. The summed E-state index contributed by atoms with van der Waals surface area (Å²) in [5.74, 6) is 0.614. The standard InChI is InChI=1S/C14H17N3S/c15-14-13-4-3-11(8-10(13)5-7-17-14)18-12-2-1-6-16-9-12/h3-5,7-8,12,16H,1-2,6,9H2,(H2,15,17). The quantitative estimate of drug-likeness (QED) is 0.870. The van der Waals surface area contributed by atoms with E-state index in [0.717, 1.165) is 18.5 Å². The van der Waals surface area contributed by atoms with Crippen LogP contribution < -0.4 is 11.1 Å². The molecule has 94 valence electrons. The number of nitrogens with one attached hydrogen (secondary N) is 1. The summed E-state index contributed by atoms with van der Waals surface area (Å²) < 4.78 is 0. The molecule has 0 aliphatic carbocycles.